The Hall–Kier alpha value is -3.05. The summed E-state index contributed by atoms with van der Waals surface area (Å²) in [5, 5.41) is 3.45. The van der Waals surface area contributed by atoms with Crippen molar-refractivity contribution in [3.8, 4) is 0 Å². The quantitative estimate of drug-likeness (QED) is 0.606. The molecule has 1 aliphatic rings. The summed E-state index contributed by atoms with van der Waals surface area (Å²) < 4.78 is 26.5. The molecule has 1 N–H and O–H groups in total. The first kappa shape index (κ1) is 20.2. The number of benzene rings is 3. The molecule has 0 radical (unpaired) electrons. The van der Waals surface area contributed by atoms with Crippen LogP contribution in [0.15, 0.2) is 72.8 Å². The van der Waals surface area contributed by atoms with Gasteiger partial charge < -0.3 is 10.2 Å². The maximum Gasteiger partial charge on any atom is 0.253 e. The molecule has 0 spiro atoms. The molecule has 0 heterocycles. The molecular weight excluding hydrogens is 382 g/mol. The van der Waals surface area contributed by atoms with Crippen molar-refractivity contribution in [2.75, 3.05) is 7.05 Å². The molecule has 3 aromatic rings. The maximum atomic E-state index is 13.4. The minimum absolute atomic E-state index is 0.0215. The van der Waals surface area contributed by atoms with Gasteiger partial charge in [-0.15, -0.1) is 0 Å². The van der Waals surface area contributed by atoms with Crippen LogP contribution in [0.3, 0.4) is 0 Å². The van der Waals surface area contributed by atoms with Crippen LogP contribution in [-0.4, -0.2) is 23.9 Å². The van der Waals surface area contributed by atoms with Crippen LogP contribution in [0, 0.1) is 11.6 Å². The fourth-order valence-electron chi connectivity index (χ4n) is 3.74. The smallest absolute Gasteiger partial charge is 0.253 e. The van der Waals surface area contributed by atoms with Gasteiger partial charge in [0.05, 0.1) is 0 Å². The Balaban J connectivity index is 1.33. The second-order valence-electron chi connectivity index (χ2n) is 7.85. The molecule has 1 amide bonds. The van der Waals surface area contributed by atoms with Crippen LogP contribution in [0.1, 0.15) is 39.4 Å². The summed E-state index contributed by atoms with van der Waals surface area (Å²) in [6.07, 6.45) is 0.892. The van der Waals surface area contributed by atoms with Gasteiger partial charge in [-0.05, 0) is 47.4 Å². The SMILES string of the molecule is CN(Cc1ccccc1)C(=O)c1cccc(CN[C@@H]2C[C@H]2c2ccc(F)c(F)c2)c1. The standard InChI is InChI=1S/C25H24F2N2O/c1-29(16-17-6-3-2-4-7-17)25(30)20-9-5-8-18(12-20)15-28-24-14-21(24)19-10-11-22(26)23(27)13-19/h2-13,21,24,28H,14-16H2,1H3/t21-,24+/m0/s1. The highest BCUT2D eigenvalue weighted by molar-refractivity contribution is 5.94. The number of hydrogen-bond donors (Lipinski definition) is 1. The highest BCUT2D eigenvalue weighted by Crippen LogP contribution is 2.41. The Morgan fingerprint density at radius 2 is 1.73 bits per heavy atom. The maximum absolute atomic E-state index is 13.4. The van der Waals surface area contributed by atoms with E-state index in [9.17, 15) is 13.6 Å². The Kier molecular flexibility index (Phi) is 5.91. The first-order valence-electron chi connectivity index (χ1n) is 10.1. The second-order valence-corrected chi connectivity index (χ2v) is 7.85. The number of nitrogens with one attached hydrogen (secondary N) is 1. The molecular formula is C25H24F2N2O. The van der Waals surface area contributed by atoms with E-state index in [2.05, 4.69) is 5.32 Å². The van der Waals surface area contributed by atoms with E-state index in [-0.39, 0.29) is 17.9 Å². The number of halogens is 2. The monoisotopic (exact) mass is 406 g/mol. The Morgan fingerprint density at radius 3 is 2.50 bits per heavy atom. The fourth-order valence-corrected chi connectivity index (χ4v) is 3.74. The van der Waals surface area contributed by atoms with Crippen molar-refractivity contribution in [1.82, 2.24) is 10.2 Å². The summed E-state index contributed by atoms with van der Waals surface area (Å²) in [5.74, 6) is -1.44. The summed E-state index contributed by atoms with van der Waals surface area (Å²) in [4.78, 5) is 14.5. The molecule has 1 fully saturated rings. The lowest BCUT2D eigenvalue weighted by Gasteiger charge is -2.18. The topological polar surface area (TPSA) is 32.3 Å². The summed E-state index contributed by atoms with van der Waals surface area (Å²) in [7, 11) is 1.80. The zero-order valence-electron chi connectivity index (χ0n) is 16.8. The van der Waals surface area contributed by atoms with Crippen molar-refractivity contribution in [3.63, 3.8) is 0 Å². The van der Waals surface area contributed by atoms with Gasteiger partial charge in [0.25, 0.3) is 5.91 Å². The van der Waals surface area contributed by atoms with E-state index in [0.717, 1.165) is 23.1 Å². The number of amides is 1. The Labute approximate surface area is 175 Å². The molecule has 30 heavy (non-hydrogen) atoms. The van der Waals surface area contributed by atoms with Crippen molar-refractivity contribution < 1.29 is 13.6 Å². The Morgan fingerprint density at radius 1 is 0.967 bits per heavy atom. The molecule has 1 saturated carbocycles. The zero-order valence-corrected chi connectivity index (χ0v) is 16.8. The summed E-state index contributed by atoms with van der Waals surface area (Å²) in [5.41, 5.74) is 3.58. The molecule has 0 aliphatic heterocycles. The van der Waals surface area contributed by atoms with E-state index in [1.165, 1.54) is 12.1 Å². The molecule has 4 rings (SSSR count). The van der Waals surface area contributed by atoms with Crippen molar-refractivity contribution in [1.29, 1.82) is 0 Å². The number of carbonyl (C=O) groups is 1. The van der Waals surface area contributed by atoms with Gasteiger partial charge in [-0.2, -0.15) is 0 Å². The van der Waals surface area contributed by atoms with Gasteiger partial charge in [0, 0.05) is 37.7 Å². The molecule has 0 aromatic heterocycles. The molecule has 5 heteroatoms. The third-order valence-corrected chi connectivity index (χ3v) is 5.51. The van der Waals surface area contributed by atoms with Crippen molar-refractivity contribution >= 4 is 5.91 Å². The van der Waals surface area contributed by atoms with E-state index in [1.807, 2.05) is 54.6 Å². The number of carbonyl (C=O) groups excluding carboxylic acids is 1. The predicted octanol–water partition coefficient (Wildman–Crippen LogP) is 4.88. The van der Waals surface area contributed by atoms with Crippen LogP contribution in [0.5, 0.6) is 0 Å². The number of hydrogen-bond acceptors (Lipinski definition) is 2. The van der Waals surface area contributed by atoms with Crippen molar-refractivity contribution in [3.05, 3.63) is 107 Å². The third-order valence-electron chi connectivity index (χ3n) is 5.51. The normalized spacial score (nSPS) is 17.6. The molecule has 3 aromatic carbocycles. The molecule has 154 valence electrons. The summed E-state index contributed by atoms with van der Waals surface area (Å²) in [6.45, 7) is 1.18. The van der Waals surface area contributed by atoms with Gasteiger partial charge in [0.2, 0.25) is 0 Å². The third kappa shape index (κ3) is 4.74. The average molecular weight is 406 g/mol. The van der Waals surface area contributed by atoms with E-state index >= 15 is 0 Å². The van der Waals surface area contributed by atoms with Crippen LogP contribution in [0.4, 0.5) is 8.78 Å². The zero-order chi connectivity index (χ0) is 21.1. The summed E-state index contributed by atoms with van der Waals surface area (Å²) in [6, 6.07) is 21.8. The van der Waals surface area contributed by atoms with Crippen LogP contribution < -0.4 is 5.32 Å². The first-order valence-corrected chi connectivity index (χ1v) is 10.1. The fraction of sp³-hybridized carbons (Fsp3) is 0.240. The van der Waals surface area contributed by atoms with E-state index in [4.69, 9.17) is 0 Å². The van der Waals surface area contributed by atoms with Crippen molar-refractivity contribution in [2.45, 2.75) is 31.5 Å². The molecule has 0 unspecified atom stereocenters. The molecule has 2 atom stereocenters. The second kappa shape index (κ2) is 8.76. The number of rotatable bonds is 7. The van der Waals surface area contributed by atoms with Gasteiger partial charge in [-0.3, -0.25) is 4.79 Å². The first-order chi connectivity index (χ1) is 14.5. The van der Waals surface area contributed by atoms with E-state index in [0.29, 0.717) is 18.7 Å². The van der Waals surface area contributed by atoms with Crippen LogP contribution in [0.25, 0.3) is 0 Å². The van der Waals surface area contributed by atoms with Gasteiger partial charge in [0.15, 0.2) is 11.6 Å². The average Bonchev–Trinajstić information content (AvgIpc) is 3.54. The largest absolute Gasteiger partial charge is 0.337 e. The minimum Gasteiger partial charge on any atom is -0.337 e. The van der Waals surface area contributed by atoms with Gasteiger partial charge in [0.1, 0.15) is 0 Å². The molecule has 0 saturated heterocycles. The highest BCUT2D eigenvalue weighted by Gasteiger charge is 2.38. The predicted molar refractivity (Wildman–Crippen MR) is 113 cm³/mol. The molecule has 0 bridgehead atoms. The summed E-state index contributed by atoms with van der Waals surface area (Å²) >= 11 is 0. The van der Waals surface area contributed by atoms with Crippen LogP contribution >= 0.6 is 0 Å². The molecule has 3 nitrogen and oxygen atoms in total. The van der Waals surface area contributed by atoms with Crippen LogP contribution in [0.2, 0.25) is 0 Å². The Bertz CT molecular complexity index is 1040. The van der Waals surface area contributed by atoms with Gasteiger partial charge >= 0.3 is 0 Å². The van der Waals surface area contributed by atoms with E-state index < -0.39 is 11.6 Å². The van der Waals surface area contributed by atoms with E-state index in [1.54, 1.807) is 18.0 Å². The highest BCUT2D eigenvalue weighted by atomic mass is 19.2. The minimum atomic E-state index is -0.817. The van der Waals surface area contributed by atoms with Gasteiger partial charge in [-0.25, -0.2) is 8.78 Å². The lowest BCUT2D eigenvalue weighted by Crippen LogP contribution is -2.26. The van der Waals surface area contributed by atoms with Gasteiger partial charge in [-0.1, -0.05) is 48.5 Å². The lowest BCUT2D eigenvalue weighted by atomic mass is 10.1. The van der Waals surface area contributed by atoms with Crippen molar-refractivity contribution in [2.24, 2.45) is 0 Å². The molecule has 1 aliphatic carbocycles. The van der Waals surface area contributed by atoms with Crippen LogP contribution in [-0.2, 0) is 13.1 Å². The lowest BCUT2D eigenvalue weighted by molar-refractivity contribution is 0.0785. The number of nitrogens with zero attached hydrogens (tertiary/aromatic N) is 1.